The zero-order valence-corrected chi connectivity index (χ0v) is 25.9. The summed E-state index contributed by atoms with van der Waals surface area (Å²) in [6.07, 6.45) is 10.5. The molecule has 3 aromatic rings. The number of piperidine rings is 1. The molecule has 1 amide bonds. The molecule has 1 saturated carbocycles. The minimum Gasteiger partial charge on any atom is -0.355 e. The van der Waals surface area contributed by atoms with Crippen LogP contribution in [0.25, 0.3) is 0 Å². The largest absolute Gasteiger partial charge is 0.355 e. The van der Waals surface area contributed by atoms with Gasteiger partial charge in [0.15, 0.2) is 5.82 Å². The Hall–Kier alpha value is -3.18. The number of pyridine rings is 1. The molecule has 3 fully saturated rings. The van der Waals surface area contributed by atoms with Crippen molar-refractivity contribution in [1.82, 2.24) is 30.3 Å². The molecule has 1 aliphatic carbocycles. The lowest BCUT2D eigenvalue weighted by molar-refractivity contribution is -0.117. The number of carbonyl (C=O) groups is 1. The Morgan fingerprint density at radius 3 is 2.55 bits per heavy atom. The van der Waals surface area contributed by atoms with E-state index in [0.29, 0.717) is 22.9 Å². The van der Waals surface area contributed by atoms with Gasteiger partial charge in [-0.05, 0) is 119 Å². The number of hydrogen-bond acceptors (Lipinski definition) is 10. The van der Waals surface area contributed by atoms with E-state index in [1.807, 2.05) is 12.1 Å². The summed E-state index contributed by atoms with van der Waals surface area (Å²) in [6.45, 7) is 11.5. The van der Waals surface area contributed by atoms with Crippen molar-refractivity contribution >= 4 is 33.3 Å². The lowest BCUT2D eigenvalue weighted by atomic mass is 9.65. The van der Waals surface area contributed by atoms with Crippen LogP contribution in [0.1, 0.15) is 73.9 Å². The fraction of sp³-hybridized carbons (Fsp3) is 0.613. The molecular weight excluding hydrogens is 546 g/mol. The number of aromatic nitrogens is 5. The van der Waals surface area contributed by atoms with Gasteiger partial charge >= 0.3 is 0 Å². The number of aryl methyl sites for hydroxylation is 3. The Labute approximate surface area is 252 Å². The van der Waals surface area contributed by atoms with Crippen LogP contribution in [0, 0.1) is 32.1 Å². The summed E-state index contributed by atoms with van der Waals surface area (Å²) in [7, 11) is 0. The monoisotopic (exact) mass is 589 g/mol. The van der Waals surface area contributed by atoms with Crippen molar-refractivity contribution in [3.05, 3.63) is 46.9 Å². The standard InChI is InChI=1S/C31H43N9OS/c1-21-17-22(2)33-23(3)26(21)20-39-15-11-31(12-16-39)9-6-24(7-10-31)18-28(41)35-30-38-37-29(42-30)34-25-8-14-40(19-25)27-5-4-13-32-36-27/h4-5,13,17,24-25H,6-12,14-16,18-20H2,1-3H3,(H,34,37)(H,35,38,41)/t25-/m1/s1. The molecule has 0 radical (unpaired) electrons. The van der Waals surface area contributed by atoms with E-state index in [2.05, 4.69) is 67.7 Å². The third-order valence-corrected chi connectivity index (χ3v) is 10.5. The molecule has 1 atom stereocenters. The highest BCUT2D eigenvalue weighted by molar-refractivity contribution is 7.19. The molecule has 5 heterocycles. The van der Waals surface area contributed by atoms with Crippen molar-refractivity contribution in [2.75, 3.05) is 41.7 Å². The van der Waals surface area contributed by atoms with Crippen LogP contribution in [0.2, 0.25) is 0 Å². The number of nitrogens with one attached hydrogen (secondary N) is 2. The van der Waals surface area contributed by atoms with Crippen LogP contribution in [0.3, 0.4) is 0 Å². The highest BCUT2D eigenvalue weighted by Crippen LogP contribution is 2.47. The molecule has 224 valence electrons. The summed E-state index contributed by atoms with van der Waals surface area (Å²) < 4.78 is 0. The second-order valence-electron chi connectivity index (χ2n) is 12.7. The van der Waals surface area contributed by atoms with Gasteiger partial charge < -0.3 is 15.5 Å². The molecule has 3 aliphatic rings. The van der Waals surface area contributed by atoms with E-state index in [1.165, 1.54) is 53.8 Å². The van der Waals surface area contributed by atoms with E-state index in [0.717, 1.165) is 68.6 Å². The molecule has 0 bridgehead atoms. The van der Waals surface area contributed by atoms with Gasteiger partial charge in [0, 0.05) is 49.7 Å². The van der Waals surface area contributed by atoms with E-state index in [4.69, 9.17) is 4.98 Å². The van der Waals surface area contributed by atoms with E-state index in [1.54, 1.807) is 6.20 Å². The Balaban J connectivity index is 0.915. The number of anilines is 3. The second-order valence-corrected chi connectivity index (χ2v) is 13.7. The molecule has 1 spiro atoms. The Bertz CT molecular complexity index is 1340. The minimum atomic E-state index is 0.0561. The highest BCUT2D eigenvalue weighted by atomic mass is 32.1. The predicted molar refractivity (Wildman–Crippen MR) is 167 cm³/mol. The zero-order valence-electron chi connectivity index (χ0n) is 25.1. The van der Waals surface area contributed by atoms with E-state index >= 15 is 0 Å². The zero-order chi connectivity index (χ0) is 29.1. The van der Waals surface area contributed by atoms with Crippen LogP contribution < -0.4 is 15.5 Å². The third kappa shape index (κ3) is 6.89. The molecule has 0 unspecified atom stereocenters. The van der Waals surface area contributed by atoms with Crippen molar-refractivity contribution in [3.8, 4) is 0 Å². The average molecular weight is 590 g/mol. The van der Waals surface area contributed by atoms with Crippen LogP contribution in [0.4, 0.5) is 16.1 Å². The first kappa shape index (κ1) is 28.9. The second kappa shape index (κ2) is 12.6. The summed E-state index contributed by atoms with van der Waals surface area (Å²) in [5.41, 5.74) is 5.50. The summed E-state index contributed by atoms with van der Waals surface area (Å²) in [5.74, 6) is 1.40. The Kier molecular flexibility index (Phi) is 8.67. The van der Waals surface area contributed by atoms with Gasteiger partial charge in [-0.15, -0.1) is 15.3 Å². The maximum absolute atomic E-state index is 12.9. The lowest BCUT2D eigenvalue weighted by Crippen LogP contribution is -2.42. The molecule has 2 saturated heterocycles. The van der Waals surface area contributed by atoms with Crippen molar-refractivity contribution in [3.63, 3.8) is 0 Å². The molecule has 2 aliphatic heterocycles. The van der Waals surface area contributed by atoms with Gasteiger partial charge in [0.2, 0.25) is 16.2 Å². The number of nitrogens with zero attached hydrogens (tertiary/aromatic N) is 7. The molecular formula is C31H43N9OS. The van der Waals surface area contributed by atoms with Gasteiger partial charge in [0.05, 0.1) is 0 Å². The average Bonchev–Trinajstić information content (AvgIpc) is 3.63. The van der Waals surface area contributed by atoms with Gasteiger partial charge in [-0.2, -0.15) is 5.10 Å². The first-order chi connectivity index (χ1) is 20.3. The molecule has 10 nitrogen and oxygen atoms in total. The van der Waals surface area contributed by atoms with E-state index in [9.17, 15) is 4.79 Å². The van der Waals surface area contributed by atoms with Crippen molar-refractivity contribution in [2.24, 2.45) is 11.3 Å². The molecule has 11 heteroatoms. The highest BCUT2D eigenvalue weighted by Gasteiger charge is 2.38. The lowest BCUT2D eigenvalue weighted by Gasteiger charge is -2.46. The Morgan fingerprint density at radius 1 is 1.02 bits per heavy atom. The summed E-state index contributed by atoms with van der Waals surface area (Å²) in [5, 5.41) is 24.5. The number of amides is 1. The van der Waals surface area contributed by atoms with Gasteiger partial charge in [-0.3, -0.25) is 14.7 Å². The Morgan fingerprint density at radius 2 is 1.81 bits per heavy atom. The number of hydrogen-bond donors (Lipinski definition) is 2. The topological polar surface area (TPSA) is 112 Å². The first-order valence-corrected chi connectivity index (χ1v) is 16.2. The van der Waals surface area contributed by atoms with Crippen molar-refractivity contribution < 1.29 is 4.79 Å². The van der Waals surface area contributed by atoms with Crippen molar-refractivity contribution in [1.29, 1.82) is 0 Å². The van der Waals surface area contributed by atoms with Gasteiger partial charge in [0.25, 0.3) is 0 Å². The molecule has 3 aromatic heterocycles. The summed E-state index contributed by atoms with van der Waals surface area (Å²) >= 11 is 1.41. The maximum Gasteiger partial charge on any atom is 0.226 e. The van der Waals surface area contributed by atoms with Crippen LogP contribution in [0.15, 0.2) is 24.4 Å². The quantitative estimate of drug-likeness (QED) is 0.369. The number of likely N-dealkylation sites (tertiary alicyclic amines) is 1. The van der Waals surface area contributed by atoms with Crippen LogP contribution >= 0.6 is 11.3 Å². The van der Waals surface area contributed by atoms with Gasteiger partial charge in [0.1, 0.15) is 0 Å². The maximum atomic E-state index is 12.9. The fourth-order valence-electron chi connectivity index (χ4n) is 7.18. The molecule has 6 rings (SSSR count). The van der Waals surface area contributed by atoms with E-state index < -0.39 is 0 Å². The fourth-order valence-corrected chi connectivity index (χ4v) is 7.92. The normalized spacial score (nSPS) is 21.1. The third-order valence-electron chi connectivity index (χ3n) is 9.69. The summed E-state index contributed by atoms with van der Waals surface area (Å²) in [6, 6.07) is 6.36. The minimum absolute atomic E-state index is 0.0561. The molecule has 2 N–H and O–H groups in total. The summed E-state index contributed by atoms with van der Waals surface area (Å²) in [4.78, 5) is 22.4. The van der Waals surface area contributed by atoms with Crippen molar-refractivity contribution in [2.45, 2.75) is 84.7 Å². The number of carbonyl (C=O) groups excluding carboxylic acids is 1. The number of rotatable bonds is 8. The van der Waals surface area contributed by atoms with Gasteiger partial charge in [-0.25, -0.2) is 0 Å². The first-order valence-electron chi connectivity index (χ1n) is 15.4. The predicted octanol–water partition coefficient (Wildman–Crippen LogP) is 5.14. The van der Waals surface area contributed by atoms with E-state index in [-0.39, 0.29) is 11.9 Å². The van der Waals surface area contributed by atoms with Crippen LogP contribution in [-0.2, 0) is 11.3 Å². The van der Waals surface area contributed by atoms with Crippen LogP contribution in [0.5, 0.6) is 0 Å². The SMILES string of the molecule is Cc1cc(C)c(CN2CCC3(CCC(CC(=O)Nc4nnc(N[C@@H]5CCN(c6cccnn6)C5)s4)CC3)CC2)c(C)n1. The molecule has 0 aromatic carbocycles. The van der Waals surface area contributed by atoms with Gasteiger partial charge in [-0.1, -0.05) is 11.3 Å². The van der Waals surface area contributed by atoms with Crippen LogP contribution in [-0.4, -0.2) is 68.4 Å². The smallest absolute Gasteiger partial charge is 0.226 e. The molecule has 42 heavy (non-hydrogen) atoms.